The Balaban J connectivity index is 2.16. The summed E-state index contributed by atoms with van der Waals surface area (Å²) >= 11 is 3.44. The van der Waals surface area contributed by atoms with Crippen molar-refractivity contribution in [1.29, 1.82) is 0 Å². The summed E-state index contributed by atoms with van der Waals surface area (Å²) in [6.45, 7) is 4.23. The zero-order valence-electron chi connectivity index (χ0n) is 10.9. The molecule has 4 heteroatoms. The molecule has 0 fully saturated rings. The summed E-state index contributed by atoms with van der Waals surface area (Å²) in [4.78, 5) is 8.94. The maximum absolute atomic E-state index is 4.61. The molecule has 0 aliphatic heterocycles. The minimum atomic E-state index is 0.732. The molecule has 0 saturated heterocycles. The Morgan fingerprint density at radius 2 is 1.95 bits per heavy atom. The molecule has 2 aromatic heterocycles. The van der Waals surface area contributed by atoms with Crippen LogP contribution in [0.5, 0.6) is 0 Å². The molecule has 0 N–H and O–H groups in total. The monoisotopic (exact) mass is 315 g/mol. The minimum absolute atomic E-state index is 0.732. The second-order valence-corrected chi connectivity index (χ2v) is 5.45. The van der Waals surface area contributed by atoms with Gasteiger partial charge in [-0.25, -0.2) is 9.97 Å². The molecule has 0 atom stereocenters. The fourth-order valence-electron chi connectivity index (χ4n) is 2.19. The van der Waals surface area contributed by atoms with Crippen LogP contribution >= 0.6 is 15.9 Å². The molecule has 3 rings (SSSR count). The number of fused-ring (bicyclic) bond motifs is 1. The van der Waals surface area contributed by atoms with Crippen LogP contribution in [-0.4, -0.2) is 14.4 Å². The number of aromatic nitrogens is 3. The Bertz CT molecular complexity index is 729. The van der Waals surface area contributed by atoms with E-state index in [9.17, 15) is 0 Å². The second kappa shape index (κ2) is 4.78. The van der Waals surface area contributed by atoms with Crippen LogP contribution in [-0.2, 0) is 6.42 Å². The summed E-state index contributed by atoms with van der Waals surface area (Å²) in [5.41, 5.74) is 4.57. The molecular weight excluding hydrogens is 302 g/mol. The Hall–Kier alpha value is -1.68. The van der Waals surface area contributed by atoms with Crippen LogP contribution in [0.25, 0.3) is 17.0 Å². The molecule has 0 unspecified atom stereocenters. The van der Waals surface area contributed by atoms with Crippen LogP contribution in [0.15, 0.2) is 41.1 Å². The van der Waals surface area contributed by atoms with E-state index in [1.165, 1.54) is 5.56 Å². The van der Waals surface area contributed by atoms with Gasteiger partial charge in [-0.05, 0) is 34.8 Å². The molecule has 1 aromatic carbocycles. The van der Waals surface area contributed by atoms with Gasteiger partial charge in [0.1, 0.15) is 0 Å². The van der Waals surface area contributed by atoms with E-state index in [0.717, 1.165) is 33.6 Å². The van der Waals surface area contributed by atoms with Crippen LogP contribution in [0, 0.1) is 6.92 Å². The molecule has 0 aliphatic carbocycles. The van der Waals surface area contributed by atoms with E-state index in [1.807, 2.05) is 10.6 Å². The van der Waals surface area contributed by atoms with Crippen molar-refractivity contribution in [2.75, 3.05) is 0 Å². The smallest absolute Gasteiger partial charge is 0.234 e. The van der Waals surface area contributed by atoms with Gasteiger partial charge < -0.3 is 0 Å². The number of rotatable bonds is 2. The van der Waals surface area contributed by atoms with Gasteiger partial charge in [0.05, 0.1) is 10.2 Å². The normalized spacial score (nSPS) is 11.1. The van der Waals surface area contributed by atoms with E-state index in [-0.39, 0.29) is 0 Å². The maximum atomic E-state index is 4.61. The first-order chi connectivity index (χ1) is 9.19. The van der Waals surface area contributed by atoms with Gasteiger partial charge in [0, 0.05) is 23.7 Å². The predicted molar refractivity (Wildman–Crippen MR) is 80.2 cm³/mol. The molecule has 0 saturated carbocycles. The highest BCUT2D eigenvalue weighted by molar-refractivity contribution is 9.10. The summed E-state index contributed by atoms with van der Waals surface area (Å²) in [5.74, 6) is 0.732. The van der Waals surface area contributed by atoms with E-state index in [4.69, 9.17) is 0 Å². The molecule has 2 heterocycles. The van der Waals surface area contributed by atoms with Crippen molar-refractivity contribution in [2.24, 2.45) is 0 Å². The SMILES string of the molecule is CCc1ccc(-c2nc3ncc(Br)cn3c2C)cc1. The van der Waals surface area contributed by atoms with Crippen molar-refractivity contribution in [1.82, 2.24) is 14.4 Å². The molecule has 3 nitrogen and oxygen atoms in total. The highest BCUT2D eigenvalue weighted by Gasteiger charge is 2.11. The molecule has 0 aliphatic rings. The molecule has 0 bridgehead atoms. The molecule has 0 amide bonds. The van der Waals surface area contributed by atoms with Crippen LogP contribution in [0.1, 0.15) is 18.2 Å². The van der Waals surface area contributed by atoms with E-state index < -0.39 is 0 Å². The third kappa shape index (κ3) is 2.16. The third-order valence-electron chi connectivity index (χ3n) is 3.32. The predicted octanol–water partition coefficient (Wildman–Crippen LogP) is 4.03. The minimum Gasteiger partial charge on any atom is -0.287 e. The van der Waals surface area contributed by atoms with Crippen molar-refractivity contribution >= 4 is 21.7 Å². The number of hydrogen-bond acceptors (Lipinski definition) is 2. The van der Waals surface area contributed by atoms with Gasteiger partial charge >= 0.3 is 0 Å². The van der Waals surface area contributed by atoms with E-state index in [1.54, 1.807) is 6.20 Å². The standard InChI is InChI=1S/C15H14BrN3/c1-3-11-4-6-12(7-5-11)14-10(2)19-9-13(16)8-17-15(19)18-14/h4-9H,3H2,1-2H3. The van der Waals surface area contributed by atoms with E-state index in [0.29, 0.717) is 0 Å². The van der Waals surface area contributed by atoms with E-state index >= 15 is 0 Å². The summed E-state index contributed by atoms with van der Waals surface area (Å²) in [5, 5.41) is 0. The van der Waals surface area contributed by atoms with Gasteiger partial charge in [0.25, 0.3) is 0 Å². The van der Waals surface area contributed by atoms with Crippen molar-refractivity contribution in [3.05, 3.63) is 52.4 Å². The fraction of sp³-hybridized carbons (Fsp3) is 0.200. The van der Waals surface area contributed by atoms with Gasteiger partial charge in [-0.1, -0.05) is 31.2 Å². The molecule has 96 valence electrons. The average Bonchev–Trinajstić information content (AvgIpc) is 2.76. The van der Waals surface area contributed by atoms with E-state index in [2.05, 4.69) is 64.0 Å². The summed E-state index contributed by atoms with van der Waals surface area (Å²) < 4.78 is 2.96. The van der Waals surface area contributed by atoms with Crippen LogP contribution in [0.2, 0.25) is 0 Å². The van der Waals surface area contributed by atoms with Crippen molar-refractivity contribution < 1.29 is 0 Å². The van der Waals surface area contributed by atoms with Crippen LogP contribution in [0.4, 0.5) is 0 Å². The number of aryl methyl sites for hydroxylation is 2. The van der Waals surface area contributed by atoms with Gasteiger partial charge in [-0.3, -0.25) is 4.40 Å². The molecule has 0 radical (unpaired) electrons. The highest BCUT2D eigenvalue weighted by Crippen LogP contribution is 2.24. The van der Waals surface area contributed by atoms with Gasteiger partial charge in [0.2, 0.25) is 5.78 Å². The number of nitrogens with zero attached hydrogens (tertiary/aromatic N) is 3. The number of imidazole rings is 1. The van der Waals surface area contributed by atoms with Gasteiger partial charge in [0.15, 0.2) is 0 Å². The Labute approximate surface area is 120 Å². The molecule has 0 spiro atoms. The zero-order chi connectivity index (χ0) is 13.4. The fourth-order valence-corrected chi connectivity index (χ4v) is 2.50. The topological polar surface area (TPSA) is 30.2 Å². The van der Waals surface area contributed by atoms with Crippen molar-refractivity contribution in [2.45, 2.75) is 20.3 Å². The number of benzene rings is 1. The second-order valence-electron chi connectivity index (χ2n) is 4.54. The maximum Gasteiger partial charge on any atom is 0.234 e. The first-order valence-electron chi connectivity index (χ1n) is 6.28. The quantitative estimate of drug-likeness (QED) is 0.714. The highest BCUT2D eigenvalue weighted by atomic mass is 79.9. The summed E-state index contributed by atoms with van der Waals surface area (Å²) in [7, 11) is 0. The first kappa shape index (κ1) is 12.4. The van der Waals surface area contributed by atoms with Crippen molar-refractivity contribution in [3.8, 4) is 11.3 Å². The van der Waals surface area contributed by atoms with Gasteiger partial charge in [-0.2, -0.15) is 0 Å². The summed E-state index contributed by atoms with van der Waals surface area (Å²) in [6, 6.07) is 8.57. The number of halogens is 1. The third-order valence-corrected chi connectivity index (χ3v) is 3.73. The van der Waals surface area contributed by atoms with Crippen LogP contribution < -0.4 is 0 Å². The lowest BCUT2D eigenvalue weighted by Crippen LogP contribution is -1.89. The van der Waals surface area contributed by atoms with Gasteiger partial charge in [-0.15, -0.1) is 0 Å². The largest absolute Gasteiger partial charge is 0.287 e. The molecule has 3 aromatic rings. The Morgan fingerprint density at radius 1 is 1.21 bits per heavy atom. The Kier molecular flexibility index (Phi) is 3.11. The summed E-state index contributed by atoms with van der Waals surface area (Å²) in [6.07, 6.45) is 4.82. The zero-order valence-corrected chi connectivity index (χ0v) is 12.5. The average molecular weight is 316 g/mol. The van der Waals surface area contributed by atoms with Crippen molar-refractivity contribution in [3.63, 3.8) is 0 Å². The number of hydrogen-bond donors (Lipinski definition) is 0. The lowest BCUT2D eigenvalue weighted by atomic mass is 10.1. The van der Waals surface area contributed by atoms with Crippen LogP contribution in [0.3, 0.4) is 0 Å². The lowest BCUT2D eigenvalue weighted by Gasteiger charge is -2.01. The first-order valence-corrected chi connectivity index (χ1v) is 7.08. The molecule has 19 heavy (non-hydrogen) atoms. The Morgan fingerprint density at radius 3 is 2.63 bits per heavy atom. The lowest BCUT2D eigenvalue weighted by molar-refractivity contribution is 1.05. The molecular formula is C15H14BrN3.